The van der Waals surface area contributed by atoms with E-state index in [9.17, 15) is 4.79 Å². The maximum absolute atomic E-state index is 12.7. The zero-order chi connectivity index (χ0) is 19.3. The SMILES string of the molecule is CCOc1ccccc1C=Cc1nn(-c2ccccc2)c2c(=O)ccccc12. The molecule has 0 radical (unpaired) electrons. The molecule has 4 nitrogen and oxygen atoms in total. The van der Waals surface area contributed by atoms with Crippen LogP contribution in [0.3, 0.4) is 0 Å². The third-order valence-corrected chi connectivity index (χ3v) is 4.45. The molecule has 0 saturated carbocycles. The molecule has 4 aromatic rings. The van der Waals surface area contributed by atoms with Crippen LogP contribution in [0, 0.1) is 0 Å². The third-order valence-electron chi connectivity index (χ3n) is 4.45. The number of rotatable bonds is 5. The molecule has 4 rings (SSSR count). The van der Waals surface area contributed by atoms with Crippen LogP contribution in [0.4, 0.5) is 0 Å². The highest BCUT2D eigenvalue weighted by Gasteiger charge is 2.12. The van der Waals surface area contributed by atoms with Crippen LogP contribution in [0.5, 0.6) is 5.75 Å². The summed E-state index contributed by atoms with van der Waals surface area (Å²) in [5.74, 6) is 0.822. The lowest BCUT2D eigenvalue weighted by Gasteiger charge is -2.05. The Morgan fingerprint density at radius 2 is 1.61 bits per heavy atom. The quantitative estimate of drug-likeness (QED) is 0.500. The number of nitrogens with zero attached hydrogens (tertiary/aromatic N) is 2. The summed E-state index contributed by atoms with van der Waals surface area (Å²) in [6.45, 7) is 2.57. The zero-order valence-electron chi connectivity index (χ0n) is 15.6. The molecule has 0 aliphatic heterocycles. The molecule has 0 unspecified atom stereocenters. The van der Waals surface area contributed by atoms with Gasteiger partial charge in [0.2, 0.25) is 5.43 Å². The first kappa shape index (κ1) is 17.7. The van der Waals surface area contributed by atoms with Crippen LogP contribution in [0.2, 0.25) is 0 Å². The second-order valence-electron chi connectivity index (χ2n) is 6.28. The van der Waals surface area contributed by atoms with Gasteiger partial charge in [0.05, 0.1) is 18.0 Å². The minimum absolute atomic E-state index is 0.0641. The van der Waals surface area contributed by atoms with E-state index >= 15 is 0 Å². The standard InChI is InChI=1S/C24H20N2O2/c1-2-28-23-15-9-6-10-18(23)16-17-21-20-13-7-8-14-22(27)24(20)26(25-21)19-11-4-3-5-12-19/h3-17H,2H2,1H3. The number of hydrogen-bond acceptors (Lipinski definition) is 3. The summed E-state index contributed by atoms with van der Waals surface area (Å²) in [6, 6.07) is 24.7. The first-order valence-corrected chi connectivity index (χ1v) is 9.25. The van der Waals surface area contributed by atoms with Gasteiger partial charge in [-0.3, -0.25) is 4.79 Å². The third kappa shape index (κ3) is 3.45. The Morgan fingerprint density at radius 3 is 2.43 bits per heavy atom. The van der Waals surface area contributed by atoms with Crippen molar-refractivity contribution >= 4 is 23.1 Å². The number of benzene rings is 2. The smallest absolute Gasteiger partial charge is 0.204 e. The summed E-state index contributed by atoms with van der Waals surface area (Å²) >= 11 is 0. The molecule has 0 N–H and O–H groups in total. The van der Waals surface area contributed by atoms with E-state index in [-0.39, 0.29) is 5.43 Å². The van der Waals surface area contributed by atoms with Crippen LogP contribution in [-0.4, -0.2) is 16.4 Å². The Balaban J connectivity index is 1.89. The number of aromatic nitrogens is 2. The van der Waals surface area contributed by atoms with Gasteiger partial charge < -0.3 is 4.74 Å². The van der Waals surface area contributed by atoms with Gasteiger partial charge in [0.15, 0.2) is 0 Å². The molecule has 4 heteroatoms. The van der Waals surface area contributed by atoms with E-state index in [1.807, 2.05) is 85.8 Å². The zero-order valence-corrected chi connectivity index (χ0v) is 15.6. The van der Waals surface area contributed by atoms with Crippen molar-refractivity contribution in [3.05, 3.63) is 100 Å². The van der Waals surface area contributed by atoms with Crippen LogP contribution >= 0.6 is 0 Å². The van der Waals surface area contributed by atoms with Crippen molar-refractivity contribution in [2.45, 2.75) is 6.92 Å². The number of fused-ring (bicyclic) bond motifs is 1. The molecule has 0 saturated heterocycles. The van der Waals surface area contributed by atoms with Crippen LogP contribution < -0.4 is 10.2 Å². The molecule has 0 aliphatic carbocycles. The van der Waals surface area contributed by atoms with Crippen molar-refractivity contribution in [2.24, 2.45) is 0 Å². The number of ether oxygens (including phenoxy) is 1. The summed E-state index contributed by atoms with van der Waals surface area (Å²) in [6.07, 6.45) is 3.90. The van der Waals surface area contributed by atoms with E-state index in [1.54, 1.807) is 16.8 Å². The Bertz CT molecular complexity index is 1190. The molecule has 138 valence electrons. The van der Waals surface area contributed by atoms with Crippen LogP contribution in [-0.2, 0) is 0 Å². The monoisotopic (exact) mass is 368 g/mol. The second kappa shape index (κ2) is 7.92. The Kier molecular flexibility index (Phi) is 5.02. The second-order valence-corrected chi connectivity index (χ2v) is 6.28. The molecule has 0 bridgehead atoms. The van der Waals surface area contributed by atoms with Gasteiger partial charge in [-0.05, 0) is 43.3 Å². The maximum Gasteiger partial charge on any atom is 0.204 e. The van der Waals surface area contributed by atoms with Gasteiger partial charge in [-0.15, -0.1) is 0 Å². The average molecular weight is 368 g/mol. The summed E-state index contributed by atoms with van der Waals surface area (Å²) in [5, 5.41) is 5.54. The highest BCUT2D eigenvalue weighted by atomic mass is 16.5. The van der Waals surface area contributed by atoms with Gasteiger partial charge in [-0.2, -0.15) is 5.10 Å². The Morgan fingerprint density at radius 1 is 0.893 bits per heavy atom. The van der Waals surface area contributed by atoms with E-state index < -0.39 is 0 Å². The molecule has 0 aliphatic rings. The predicted molar refractivity (Wildman–Crippen MR) is 114 cm³/mol. The van der Waals surface area contributed by atoms with E-state index in [4.69, 9.17) is 9.84 Å². The molecule has 28 heavy (non-hydrogen) atoms. The van der Waals surface area contributed by atoms with Crippen molar-refractivity contribution in [3.8, 4) is 11.4 Å². The van der Waals surface area contributed by atoms with E-state index in [1.165, 1.54) is 0 Å². The van der Waals surface area contributed by atoms with Crippen molar-refractivity contribution < 1.29 is 4.74 Å². The van der Waals surface area contributed by atoms with Gasteiger partial charge in [0.25, 0.3) is 0 Å². The van der Waals surface area contributed by atoms with E-state index in [2.05, 4.69) is 0 Å². The van der Waals surface area contributed by atoms with Crippen molar-refractivity contribution in [1.29, 1.82) is 0 Å². The molecule has 0 atom stereocenters. The fourth-order valence-corrected chi connectivity index (χ4v) is 3.18. The van der Waals surface area contributed by atoms with E-state index in [0.717, 1.165) is 28.1 Å². The Hall–Kier alpha value is -3.66. The Labute approximate surface area is 163 Å². The van der Waals surface area contributed by atoms with Crippen LogP contribution in [0.25, 0.3) is 28.7 Å². The average Bonchev–Trinajstić information content (AvgIpc) is 2.99. The number of hydrogen-bond donors (Lipinski definition) is 0. The first-order chi connectivity index (χ1) is 13.8. The van der Waals surface area contributed by atoms with Crippen molar-refractivity contribution in [3.63, 3.8) is 0 Å². The lowest BCUT2D eigenvalue weighted by Crippen LogP contribution is -2.04. The fourth-order valence-electron chi connectivity index (χ4n) is 3.18. The molecule has 0 amide bonds. The minimum atomic E-state index is -0.0641. The largest absolute Gasteiger partial charge is 0.493 e. The van der Waals surface area contributed by atoms with Gasteiger partial charge in [0, 0.05) is 10.9 Å². The molecular formula is C24H20N2O2. The van der Waals surface area contributed by atoms with Gasteiger partial charge in [-0.25, -0.2) is 4.68 Å². The lowest BCUT2D eigenvalue weighted by atomic mass is 10.1. The topological polar surface area (TPSA) is 44.1 Å². The summed E-state index contributed by atoms with van der Waals surface area (Å²) in [5.41, 5.74) is 3.05. The molecule has 1 aromatic heterocycles. The number of para-hydroxylation sites is 2. The highest BCUT2D eigenvalue weighted by Crippen LogP contribution is 2.24. The van der Waals surface area contributed by atoms with E-state index in [0.29, 0.717) is 12.1 Å². The summed E-state index contributed by atoms with van der Waals surface area (Å²) < 4.78 is 7.41. The normalized spacial score (nSPS) is 11.2. The summed E-state index contributed by atoms with van der Waals surface area (Å²) in [4.78, 5) is 12.7. The van der Waals surface area contributed by atoms with Crippen molar-refractivity contribution in [2.75, 3.05) is 6.61 Å². The first-order valence-electron chi connectivity index (χ1n) is 9.25. The summed E-state index contributed by atoms with van der Waals surface area (Å²) in [7, 11) is 0. The molecule has 3 aromatic carbocycles. The van der Waals surface area contributed by atoms with Gasteiger partial charge in [-0.1, -0.05) is 54.6 Å². The molecule has 0 fully saturated rings. The molecule has 0 spiro atoms. The highest BCUT2D eigenvalue weighted by molar-refractivity contribution is 5.90. The van der Waals surface area contributed by atoms with Crippen LogP contribution in [0.1, 0.15) is 18.2 Å². The van der Waals surface area contributed by atoms with Gasteiger partial charge >= 0.3 is 0 Å². The minimum Gasteiger partial charge on any atom is -0.493 e. The maximum atomic E-state index is 12.7. The molecular weight excluding hydrogens is 348 g/mol. The molecule has 1 heterocycles. The lowest BCUT2D eigenvalue weighted by molar-refractivity contribution is 0.339. The van der Waals surface area contributed by atoms with Gasteiger partial charge in [0.1, 0.15) is 11.3 Å². The predicted octanol–water partition coefficient (Wildman–Crippen LogP) is 4.95. The van der Waals surface area contributed by atoms with Crippen LogP contribution in [0.15, 0.2) is 83.7 Å². The van der Waals surface area contributed by atoms with Crippen molar-refractivity contribution in [1.82, 2.24) is 9.78 Å². The fraction of sp³-hybridized carbons (Fsp3) is 0.0833.